The molecule has 0 aliphatic heterocycles. The van der Waals surface area contributed by atoms with Crippen LogP contribution in [0.15, 0.2) is 0 Å². The zero-order chi connectivity index (χ0) is 12.6. The van der Waals surface area contributed by atoms with Gasteiger partial charge in [-0.15, -0.1) is 0 Å². The van der Waals surface area contributed by atoms with Crippen LogP contribution in [0.2, 0.25) is 0 Å². The molecule has 96 valence electrons. The molecule has 0 radical (unpaired) electrons. The molecule has 0 aromatic heterocycles. The second-order valence-corrected chi connectivity index (χ2v) is 4.29. The summed E-state index contributed by atoms with van der Waals surface area (Å²) in [6.45, 7) is 12.1. The van der Waals surface area contributed by atoms with Crippen LogP contribution < -0.4 is 0 Å². The van der Waals surface area contributed by atoms with Crippen molar-refractivity contribution < 1.29 is 14.3 Å². The summed E-state index contributed by atoms with van der Waals surface area (Å²) < 4.78 is 10.4. The Morgan fingerprint density at radius 3 is 2.31 bits per heavy atom. The van der Waals surface area contributed by atoms with Gasteiger partial charge in [-0.05, 0) is 34.6 Å². The molecule has 4 nitrogen and oxygen atoms in total. The summed E-state index contributed by atoms with van der Waals surface area (Å²) in [4.78, 5) is 13.4. The second-order valence-electron chi connectivity index (χ2n) is 4.29. The summed E-state index contributed by atoms with van der Waals surface area (Å²) >= 11 is 0. The van der Waals surface area contributed by atoms with Gasteiger partial charge < -0.3 is 9.47 Å². The number of ether oxygens (including phenoxy) is 2. The van der Waals surface area contributed by atoms with Crippen molar-refractivity contribution in [3.8, 4) is 0 Å². The van der Waals surface area contributed by atoms with Crippen LogP contribution in [0.25, 0.3) is 0 Å². The molecule has 4 heteroatoms. The fourth-order valence-electron chi connectivity index (χ4n) is 1.30. The Kier molecular flexibility index (Phi) is 8.21. The first kappa shape index (κ1) is 15.4. The van der Waals surface area contributed by atoms with E-state index in [1.807, 2.05) is 20.8 Å². The molecular formula is C12H25NO3. The average molecular weight is 231 g/mol. The lowest BCUT2D eigenvalue weighted by Gasteiger charge is -2.25. The SMILES string of the molecule is CCOC(=O)CN(CCOC(C)C)C(C)C. The molecule has 0 rings (SSSR count). The van der Waals surface area contributed by atoms with Crippen molar-refractivity contribution in [1.82, 2.24) is 4.90 Å². The molecule has 16 heavy (non-hydrogen) atoms. The number of nitrogens with zero attached hydrogens (tertiary/aromatic N) is 1. The maximum atomic E-state index is 11.4. The minimum absolute atomic E-state index is 0.166. The number of carbonyl (C=O) groups is 1. The van der Waals surface area contributed by atoms with Crippen LogP contribution in [0, 0.1) is 0 Å². The van der Waals surface area contributed by atoms with Crippen LogP contribution in [0.5, 0.6) is 0 Å². The van der Waals surface area contributed by atoms with E-state index in [4.69, 9.17) is 9.47 Å². The molecule has 0 aromatic rings. The lowest BCUT2D eigenvalue weighted by molar-refractivity contribution is -0.145. The van der Waals surface area contributed by atoms with Crippen molar-refractivity contribution in [1.29, 1.82) is 0 Å². The van der Waals surface area contributed by atoms with E-state index in [1.54, 1.807) is 0 Å². The number of esters is 1. The van der Waals surface area contributed by atoms with Gasteiger partial charge in [0.25, 0.3) is 0 Å². The van der Waals surface area contributed by atoms with E-state index in [-0.39, 0.29) is 12.1 Å². The summed E-state index contributed by atoms with van der Waals surface area (Å²) in [6.07, 6.45) is 0.233. The third kappa shape index (κ3) is 7.65. The molecule has 0 N–H and O–H groups in total. The van der Waals surface area contributed by atoms with Crippen molar-refractivity contribution in [3.63, 3.8) is 0 Å². The van der Waals surface area contributed by atoms with Gasteiger partial charge in [-0.2, -0.15) is 0 Å². The fourth-order valence-corrected chi connectivity index (χ4v) is 1.30. The third-order valence-electron chi connectivity index (χ3n) is 2.20. The Labute approximate surface area is 98.9 Å². The van der Waals surface area contributed by atoms with Crippen LogP contribution in [0.4, 0.5) is 0 Å². The maximum absolute atomic E-state index is 11.4. The Morgan fingerprint density at radius 1 is 1.25 bits per heavy atom. The van der Waals surface area contributed by atoms with Crippen LogP contribution >= 0.6 is 0 Å². The van der Waals surface area contributed by atoms with Crippen LogP contribution in [-0.2, 0) is 14.3 Å². The molecule has 0 amide bonds. The highest BCUT2D eigenvalue weighted by Gasteiger charge is 2.14. The van der Waals surface area contributed by atoms with E-state index in [0.717, 1.165) is 6.54 Å². The van der Waals surface area contributed by atoms with Crippen LogP contribution in [0.3, 0.4) is 0 Å². The summed E-state index contributed by atoms with van der Waals surface area (Å²) in [7, 11) is 0. The number of carbonyl (C=O) groups excluding carboxylic acids is 1. The predicted molar refractivity (Wildman–Crippen MR) is 64.4 cm³/mol. The van der Waals surface area contributed by atoms with Gasteiger partial charge in [0.2, 0.25) is 0 Å². The predicted octanol–water partition coefficient (Wildman–Crippen LogP) is 1.68. The van der Waals surface area contributed by atoms with E-state index < -0.39 is 0 Å². The summed E-state index contributed by atoms with van der Waals surface area (Å²) in [5, 5.41) is 0. The monoisotopic (exact) mass is 231 g/mol. The molecule has 0 unspecified atom stereocenters. The maximum Gasteiger partial charge on any atom is 0.320 e. The summed E-state index contributed by atoms with van der Waals surface area (Å²) in [5.41, 5.74) is 0. The zero-order valence-corrected chi connectivity index (χ0v) is 11.2. The normalized spacial score (nSPS) is 11.5. The Bertz CT molecular complexity index is 193. The number of rotatable bonds is 8. The van der Waals surface area contributed by atoms with E-state index >= 15 is 0 Å². The lowest BCUT2D eigenvalue weighted by atomic mass is 10.3. The summed E-state index contributed by atoms with van der Waals surface area (Å²) in [6, 6.07) is 0.320. The van der Waals surface area contributed by atoms with E-state index in [0.29, 0.717) is 25.8 Å². The highest BCUT2D eigenvalue weighted by molar-refractivity contribution is 5.71. The Hall–Kier alpha value is -0.610. The van der Waals surface area contributed by atoms with E-state index in [9.17, 15) is 4.79 Å². The Balaban J connectivity index is 3.93. The van der Waals surface area contributed by atoms with Gasteiger partial charge >= 0.3 is 5.97 Å². The average Bonchev–Trinajstić information content (AvgIpc) is 2.15. The van der Waals surface area contributed by atoms with Crippen molar-refractivity contribution in [2.24, 2.45) is 0 Å². The van der Waals surface area contributed by atoms with Gasteiger partial charge in [-0.1, -0.05) is 0 Å². The highest BCUT2D eigenvalue weighted by atomic mass is 16.5. The zero-order valence-electron chi connectivity index (χ0n) is 11.2. The van der Waals surface area contributed by atoms with Gasteiger partial charge in [0, 0.05) is 12.6 Å². The largest absolute Gasteiger partial charge is 0.465 e. The highest BCUT2D eigenvalue weighted by Crippen LogP contribution is 1.99. The first-order valence-electron chi connectivity index (χ1n) is 5.98. The van der Waals surface area contributed by atoms with Crippen LogP contribution in [0.1, 0.15) is 34.6 Å². The molecule has 0 aliphatic rings. The van der Waals surface area contributed by atoms with Crippen molar-refractivity contribution >= 4 is 5.97 Å². The molecule has 0 bridgehead atoms. The van der Waals surface area contributed by atoms with E-state index in [2.05, 4.69) is 18.7 Å². The molecule has 0 spiro atoms. The van der Waals surface area contributed by atoms with Gasteiger partial charge in [-0.25, -0.2) is 0 Å². The van der Waals surface area contributed by atoms with E-state index in [1.165, 1.54) is 0 Å². The Morgan fingerprint density at radius 2 is 1.88 bits per heavy atom. The molecule has 0 atom stereocenters. The van der Waals surface area contributed by atoms with Crippen molar-refractivity contribution in [3.05, 3.63) is 0 Å². The molecule has 0 heterocycles. The molecule has 0 saturated heterocycles. The fraction of sp³-hybridized carbons (Fsp3) is 0.917. The standard InChI is InChI=1S/C12H25NO3/c1-6-15-12(14)9-13(10(2)3)7-8-16-11(4)5/h10-11H,6-9H2,1-5H3. The molecule has 0 saturated carbocycles. The molecule has 0 aromatic carbocycles. The van der Waals surface area contributed by atoms with Crippen molar-refractivity contribution in [2.75, 3.05) is 26.3 Å². The minimum atomic E-state index is -0.166. The quantitative estimate of drug-likeness (QED) is 0.596. The summed E-state index contributed by atoms with van der Waals surface area (Å²) in [5.74, 6) is -0.166. The van der Waals surface area contributed by atoms with Gasteiger partial charge in [0.1, 0.15) is 0 Å². The number of hydrogen-bond donors (Lipinski definition) is 0. The van der Waals surface area contributed by atoms with Crippen molar-refractivity contribution in [2.45, 2.75) is 46.8 Å². The minimum Gasteiger partial charge on any atom is -0.465 e. The van der Waals surface area contributed by atoms with Gasteiger partial charge in [0.05, 0.1) is 25.9 Å². The number of hydrogen-bond acceptors (Lipinski definition) is 4. The first-order valence-corrected chi connectivity index (χ1v) is 5.98. The van der Waals surface area contributed by atoms with Crippen LogP contribution in [-0.4, -0.2) is 49.3 Å². The molecule has 0 aliphatic carbocycles. The third-order valence-corrected chi connectivity index (χ3v) is 2.20. The topological polar surface area (TPSA) is 38.8 Å². The van der Waals surface area contributed by atoms with Gasteiger partial charge in [-0.3, -0.25) is 9.69 Å². The first-order chi connectivity index (χ1) is 7.47. The smallest absolute Gasteiger partial charge is 0.320 e. The van der Waals surface area contributed by atoms with Gasteiger partial charge in [0.15, 0.2) is 0 Å². The second kappa shape index (κ2) is 8.53. The molecule has 0 fully saturated rings. The molecular weight excluding hydrogens is 206 g/mol. The lowest BCUT2D eigenvalue weighted by Crippen LogP contribution is -2.39.